The average molecular weight is 227 g/mol. The summed E-state index contributed by atoms with van der Waals surface area (Å²) in [5.74, 6) is -0.410. The van der Waals surface area contributed by atoms with E-state index in [-0.39, 0.29) is 24.4 Å². The highest BCUT2D eigenvalue weighted by molar-refractivity contribution is 7.27. The number of halogens is 1. The van der Waals surface area contributed by atoms with Crippen LogP contribution in [0.15, 0.2) is 18.2 Å². The largest absolute Gasteiger partial charge is 0.369 e. The molecule has 0 saturated carbocycles. The van der Waals surface area contributed by atoms with Gasteiger partial charge in [-0.3, -0.25) is 4.79 Å². The number of carbonyl (C=O) groups excluding carboxylic acids is 1. The van der Waals surface area contributed by atoms with E-state index >= 15 is 0 Å². The van der Waals surface area contributed by atoms with Crippen LogP contribution >= 0.6 is 9.24 Å². The van der Waals surface area contributed by atoms with E-state index < -0.39 is 0 Å². The highest BCUT2D eigenvalue weighted by Gasteiger charge is 2.20. The maximum atomic E-state index is 13.0. The maximum absolute atomic E-state index is 13.0. The summed E-state index contributed by atoms with van der Waals surface area (Å²) in [5.41, 5.74) is 0.856. The van der Waals surface area contributed by atoms with Crippen LogP contribution in [0.3, 0.4) is 0 Å². The lowest BCUT2D eigenvalue weighted by Crippen LogP contribution is -2.39. The van der Waals surface area contributed by atoms with Crippen molar-refractivity contribution in [2.75, 3.05) is 13.2 Å². The lowest BCUT2D eigenvalue weighted by molar-refractivity contribution is -0.131. The lowest BCUT2D eigenvalue weighted by Gasteiger charge is -2.24. The molecule has 0 bridgehead atoms. The predicted octanol–water partition coefficient (Wildman–Crippen LogP) is 0.514. The molecule has 1 fully saturated rings. The zero-order valence-corrected chi connectivity index (χ0v) is 9.15. The fourth-order valence-corrected chi connectivity index (χ4v) is 1.79. The molecule has 0 aromatic heterocycles. The quantitative estimate of drug-likeness (QED) is 0.710. The molecule has 1 heterocycles. The maximum Gasteiger partial charge on any atom is 0.246 e. The number of benzene rings is 1. The van der Waals surface area contributed by atoms with Gasteiger partial charge in [0.15, 0.2) is 0 Å². The summed E-state index contributed by atoms with van der Waals surface area (Å²) in [6.07, 6.45) is 0. The molecule has 1 aliphatic rings. The third-order valence-electron chi connectivity index (χ3n) is 2.28. The van der Waals surface area contributed by atoms with E-state index in [0.717, 1.165) is 5.56 Å². The first-order valence-corrected chi connectivity index (χ1v) is 5.16. The van der Waals surface area contributed by atoms with Gasteiger partial charge in [-0.15, -0.1) is 9.24 Å². The second-order valence-corrected chi connectivity index (χ2v) is 4.04. The molecule has 3 nitrogen and oxygen atoms in total. The molecule has 15 heavy (non-hydrogen) atoms. The number of carbonyl (C=O) groups is 1. The summed E-state index contributed by atoms with van der Waals surface area (Å²) in [7, 11) is 2.32. The monoisotopic (exact) mass is 227 g/mol. The molecule has 1 aliphatic heterocycles. The fourth-order valence-electron chi connectivity index (χ4n) is 1.51. The molecule has 2 rings (SSSR count). The minimum absolute atomic E-state index is 0.103. The van der Waals surface area contributed by atoms with Crippen molar-refractivity contribution >= 4 is 20.5 Å². The number of hydrogen-bond acceptors (Lipinski definition) is 2. The summed E-state index contributed by atoms with van der Waals surface area (Å²) in [6.45, 7) is 0.535. The number of ether oxygens (including phenoxy) is 1. The van der Waals surface area contributed by atoms with Crippen LogP contribution in [0, 0.1) is 5.82 Å². The Morgan fingerprint density at radius 3 is 3.00 bits per heavy atom. The van der Waals surface area contributed by atoms with Crippen LogP contribution in [-0.2, 0) is 9.53 Å². The van der Waals surface area contributed by atoms with Crippen molar-refractivity contribution < 1.29 is 13.9 Å². The minimum Gasteiger partial charge on any atom is -0.369 e. The van der Waals surface area contributed by atoms with Gasteiger partial charge in [-0.1, -0.05) is 6.07 Å². The summed E-state index contributed by atoms with van der Waals surface area (Å²) in [5, 5.41) is 3.28. The molecule has 2 atom stereocenters. The van der Waals surface area contributed by atoms with Gasteiger partial charge < -0.3 is 10.1 Å². The first-order chi connectivity index (χ1) is 7.16. The van der Waals surface area contributed by atoms with Gasteiger partial charge in [0.2, 0.25) is 5.91 Å². The molecule has 2 unspecified atom stereocenters. The van der Waals surface area contributed by atoms with Crippen molar-refractivity contribution in [1.82, 2.24) is 5.32 Å². The molecular weight excluding hydrogens is 216 g/mol. The van der Waals surface area contributed by atoms with Gasteiger partial charge in [0.1, 0.15) is 12.4 Å². The molecule has 80 valence electrons. The zero-order valence-electron chi connectivity index (χ0n) is 8.00. The molecule has 1 N–H and O–H groups in total. The van der Waals surface area contributed by atoms with Gasteiger partial charge in [0, 0.05) is 5.30 Å². The SMILES string of the molecule is O=C1COCC(c2ccc(F)c(P)c2)N1. The molecular formula is C10H11FNO2P. The second-order valence-electron chi connectivity index (χ2n) is 3.42. The Hall–Kier alpha value is -0.990. The van der Waals surface area contributed by atoms with Crippen LogP contribution in [0.2, 0.25) is 0 Å². The number of morpholine rings is 1. The molecule has 1 aromatic rings. The Bertz CT molecular complexity index is 397. The molecule has 1 amide bonds. The van der Waals surface area contributed by atoms with Crippen LogP contribution < -0.4 is 10.6 Å². The molecule has 0 radical (unpaired) electrons. The van der Waals surface area contributed by atoms with Crippen LogP contribution in [0.1, 0.15) is 11.6 Å². The second kappa shape index (κ2) is 4.25. The summed E-state index contributed by atoms with van der Waals surface area (Å²) in [4.78, 5) is 11.1. The van der Waals surface area contributed by atoms with Crippen molar-refractivity contribution in [2.24, 2.45) is 0 Å². The first-order valence-electron chi connectivity index (χ1n) is 4.59. The number of hydrogen-bond donors (Lipinski definition) is 1. The Kier molecular flexibility index (Phi) is 2.98. The highest BCUT2D eigenvalue weighted by atomic mass is 31.0. The first kappa shape index (κ1) is 10.5. The van der Waals surface area contributed by atoms with E-state index in [1.54, 1.807) is 12.1 Å². The molecule has 0 aliphatic carbocycles. The average Bonchev–Trinajstić information content (AvgIpc) is 2.22. The topological polar surface area (TPSA) is 38.3 Å². The van der Waals surface area contributed by atoms with Gasteiger partial charge in [0.05, 0.1) is 12.6 Å². The predicted molar refractivity (Wildman–Crippen MR) is 57.4 cm³/mol. The van der Waals surface area contributed by atoms with E-state index in [1.165, 1.54) is 6.07 Å². The van der Waals surface area contributed by atoms with Crippen molar-refractivity contribution in [1.29, 1.82) is 0 Å². The van der Waals surface area contributed by atoms with Gasteiger partial charge in [0.25, 0.3) is 0 Å². The summed E-state index contributed by atoms with van der Waals surface area (Å²) in [6, 6.07) is 4.56. The minimum atomic E-state index is -0.271. The number of rotatable bonds is 1. The molecule has 5 heteroatoms. The van der Waals surface area contributed by atoms with Gasteiger partial charge >= 0.3 is 0 Å². The fraction of sp³-hybridized carbons (Fsp3) is 0.300. The Morgan fingerprint density at radius 2 is 2.33 bits per heavy atom. The normalized spacial score (nSPS) is 21.2. The molecule has 1 saturated heterocycles. The summed E-state index contributed by atoms with van der Waals surface area (Å²) < 4.78 is 18.1. The van der Waals surface area contributed by atoms with E-state index in [1.807, 2.05) is 0 Å². The Labute approximate surface area is 89.2 Å². The Balaban J connectivity index is 2.21. The Morgan fingerprint density at radius 1 is 1.53 bits per heavy atom. The highest BCUT2D eigenvalue weighted by Crippen LogP contribution is 2.16. The van der Waals surface area contributed by atoms with Crippen molar-refractivity contribution in [3.63, 3.8) is 0 Å². The van der Waals surface area contributed by atoms with E-state index in [0.29, 0.717) is 11.9 Å². The van der Waals surface area contributed by atoms with E-state index in [9.17, 15) is 9.18 Å². The third kappa shape index (κ3) is 2.33. The smallest absolute Gasteiger partial charge is 0.246 e. The van der Waals surface area contributed by atoms with Gasteiger partial charge in [-0.2, -0.15) is 0 Å². The van der Waals surface area contributed by atoms with Gasteiger partial charge in [-0.05, 0) is 17.7 Å². The van der Waals surface area contributed by atoms with Crippen molar-refractivity contribution in [3.05, 3.63) is 29.6 Å². The van der Waals surface area contributed by atoms with Crippen LogP contribution in [0.25, 0.3) is 0 Å². The van der Waals surface area contributed by atoms with Gasteiger partial charge in [-0.25, -0.2) is 4.39 Å². The van der Waals surface area contributed by atoms with Crippen LogP contribution in [0.5, 0.6) is 0 Å². The van der Waals surface area contributed by atoms with Crippen molar-refractivity contribution in [3.8, 4) is 0 Å². The number of amides is 1. The lowest BCUT2D eigenvalue weighted by atomic mass is 10.1. The van der Waals surface area contributed by atoms with E-state index in [4.69, 9.17) is 4.74 Å². The molecule has 0 spiro atoms. The molecule has 1 aromatic carbocycles. The van der Waals surface area contributed by atoms with E-state index in [2.05, 4.69) is 14.6 Å². The van der Waals surface area contributed by atoms with Crippen molar-refractivity contribution in [2.45, 2.75) is 6.04 Å². The standard InChI is InChI=1S/C10H11FNO2P/c11-7-2-1-6(3-9(7)15)8-4-14-5-10(13)12-8/h1-3,8H,4-5,15H2,(H,12,13). The zero-order chi connectivity index (χ0) is 10.8. The number of nitrogens with one attached hydrogen (secondary N) is 1. The van der Waals surface area contributed by atoms with Crippen LogP contribution in [-0.4, -0.2) is 19.1 Å². The van der Waals surface area contributed by atoms with Crippen LogP contribution in [0.4, 0.5) is 4.39 Å². The third-order valence-corrected chi connectivity index (χ3v) is 2.72. The summed E-state index contributed by atoms with van der Waals surface area (Å²) >= 11 is 0.